The van der Waals surface area contributed by atoms with Gasteiger partial charge < -0.3 is 24.8 Å². The zero-order chi connectivity index (χ0) is 23.1. The first-order valence-electron chi connectivity index (χ1n) is 10.5. The Kier molecular flexibility index (Phi) is 7.83. The lowest BCUT2D eigenvalue weighted by molar-refractivity contribution is -0.146. The molecular weight excluding hydrogens is 412 g/mol. The van der Waals surface area contributed by atoms with Crippen molar-refractivity contribution in [2.24, 2.45) is 0 Å². The van der Waals surface area contributed by atoms with Crippen molar-refractivity contribution in [3.05, 3.63) is 65.7 Å². The molecule has 32 heavy (non-hydrogen) atoms. The van der Waals surface area contributed by atoms with Gasteiger partial charge in [0.05, 0.1) is 13.2 Å². The van der Waals surface area contributed by atoms with Gasteiger partial charge in [0.15, 0.2) is 0 Å². The second-order valence-electron chi connectivity index (χ2n) is 7.79. The highest BCUT2D eigenvalue weighted by atomic mass is 16.5. The average Bonchev–Trinajstić information content (AvgIpc) is 3.20. The number of likely N-dealkylation sites (tertiary alicyclic amines) is 1. The van der Waals surface area contributed by atoms with E-state index in [9.17, 15) is 19.5 Å². The van der Waals surface area contributed by atoms with Gasteiger partial charge in [0.2, 0.25) is 11.8 Å². The molecule has 1 aliphatic rings. The highest BCUT2D eigenvalue weighted by Gasteiger charge is 2.38. The Hall–Kier alpha value is -3.39. The second kappa shape index (κ2) is 10.8. The summed E-state index contributed by atoms with van der Waals surface area (Å²) in [4.78, 5) is 38.3. The lowest BCUT2D eigenvalue weighted by Gasteiger charge is -2.24. The molecule has 8 heteroatoms. The van der Waals surface area contributed by atoms with Gasteiger partial charge in [-0.1, -0.05) is 42.5 Å². The molecule has 2 aromatic carbocycles. The number of ether oxygens (including phenoxy) is 2. The molecule has 3 atom stereocenters. The quantitative estimate of drug-likeness (QED) is 0.602. The molecule has 0 aromatic heterocycles. The van der Waals surface area contributed by atoms with Crippen molar-refractivity contribution in [1.29, 1.82) is 0 Å². The number of nitrogens with one attached hydrogen (secondary N) is 1. The number of carbonyl (C=O) groups is 3. The number of hydrogen-bond acceptors (Lipinski definition) is 6. The number of esters is 1. The van der Waals surface area contributed by atoms with Crippen molar-refractivity contribution in [2.75, 3.05) is 13.7 Å². The smallest absolute Gasteiger partial charge is 0.328 e. The minimum absolute atomic E-state index is 0.0944. The number of hydrogen-bond donors (Lipinski definition) is 2. The predicted molar refractivity (Wildman–Crippen MR) is 117 cm³/mol. The molecule has 0 bridgehead atoms. The van der Waals surface area contributed by atoms with Gasteiger partial charge in [-0.05, 0) is 23.3 Å². The molecule has 0 unspecified atom stereocenters. The Balaban J connectivity index is 1.67. The van der Waals surface area contributed by atoms with Gasteiger partial charge in [0, 0.05) is 26.3 Å². The highest BCUT2D eigenvalue weighted by Crippen LogP contribution is 2.20. The maximum absolute atomic E-state index is 12.8. The minimum Gasteiger partial charge on any atom is -0.489 e. The van der Waals surface area contributed by atoms with E-state index in [4.69, 9.17) is 9.47 Å². The summed E-state index contributed by atoms with van der Waals surface area (Å²) in [5.74, 6) is -0.756. The first-order chi connectivity index (χ1) is 15.4. The summed E-state index contributed by atoms with van der Waals surface area (Å²) in [6, 6.07) is 15.3. The van der Waals surface area contributed by atoms with Crippen LogP contribution in [0.5, 0.6) is 5.75 Å². The molecule has 1 saturated heterocycles. The number of aliphatic hydroxyl groups is 1. The number of aliphatic hydroxyl groups excluding tert-OH is 1. The molecule has 170 valence electrons. The van der Waals surface area contributed by atoms with Crippen LogP contribution in [-0.2, 0) is 32.1 Å². The SMILES string of the molecule is COC(=O)[C@@H](Cc1cccc(OCc2ccccc2)c1)NC(=O)[C@@H]1C[C@@H](O)CN1C(C)=O. The molecule has 0 spiro atoms. The fraction of sp³-hybridized carbons (Fsp3) is 0.375. The molecule has 2 amide bonds. The van der Waals surface area contributed by atoms with E-state index in [1.165, 1.54) is 18.9 Å². The second-order valence-corrected chi connectivity index (χ2v) is 7.79. The van der Waals surface area contributed by atoms with Crippen molar-refractivity contribution in [3.8, 4) is 5.75 Å². The van der Waals surface area contributed by atoms with E-state index in [-0.39, 0.29) is 25.3 Å². The van der Waals surface area contributed by atoms with Crippen LogP contribution >= 0.6 is 0 Å². The van der Waals surface area contributed by atoms with Gasteiger partial charge in [0.1, 0.15) is 24.4 Å². The lowest BCUT2D eigenvalue weighted by atomic mass is 10.0. The molecule has 1 heterocycles. The monoisotopic (exact) mass is 440 g/mol. The van der Waals surface area contributed by atoms with Crippen molar-refractivity contribution < 1.29 is 29.0 Å². The van der Waals surface area contributed by atoms with E-state index < -0.39 is 30.1 Å². The van der Waals surface area contributed by atoms with Crippen LogP contribution < -0.4 is 10.1 Å². The van der Waals surface area contributed by atoms with Crippen LogP contribution in [0.1, 0.15) is 24.5 Å². The summed E-state index contributed by atoms with van der Waals surface area (Å²) >= 11 is 0. The van der Waals surface area contributed by atoms with E-state index in [0.717, 1.165) is 11.1 Å². The Morgan fingerprint density at radius 3 is 2.53 bits per heavy atom. The van der Waals surface area contributed by atoms with Gasteiger partial charge in [-0.15, -0.1) is 0 Å². The largest absolute Gasteiger partial charge is 0.489 e. The number of benzene rings is 2. The molecule has 3 rings (SSSR count). The molecule has 2 aromatic rings. The molecular formula is C24H28N2O6. The van der Waals surface area contributed by atoms with Crippen LogP contribution in [0.2, 0.25) is 0 Å². The van der Waals surface area contributed by atoms with Gasteiger partial charge in [-0.25, -0.2) is 4.79 Å². The maximum atomic E-state index is 12.8. The van der Waals surface area contributed by atoms with Crippen molar-refractivity contribution in [3.63, 3.8) is 0 Å². The zero-order valence-electron chi connectivity index (χ0n) is 18.2. The predicted octanol–water partition coefficient (Wildman–Crippen LogP) is 1.45. The van der Waals surface area contributed by atoms with Crippen molar-refractivity contribution in [2.45, 2.75) is 44.6 Å². The number of nitrogens with zero attached hydrogens (tertiary/aromatic N) is 1. The van der Waals surface area contributed by atoms with Crippen LogP contribution in [0.3, 0.4) is 0 Å². The molecule has 0 radical (unpaired) electrons. The van der Waals surface area contributed by atoms with E-state index in [0.29, 0.717) is 12.4 Å². The van der Waals surface area contributed by atoms with Gasteiger partial charge in [0.25, 0.3) is 0 Å². The first kappa shape index (κ1) is 23.3. The number of amides is 2. The van der Waals surface area contributed by atoms with E-state index in [1.54, 1.807) is 0 Å². The van der Waals surface area contributed by atoms with E-state index >= 15 is 0 Å². The first-order valence-corrected chi connectivity index (χ1v) is 10.5. The van der Waals surface area contributed by atoms with Crippen molar-refractivity contribution in [1.82, 2.24) is 10.2 Å². The third-order valence-electron chi connectivity index (χ3n) is 5.37. The number of rotatable bonds is 8. The van der Waals surface area contributed by atoms with Crippen LogP contribution in [0.25, 0.3) is 0 Å². The molecule has 0 aliphatic carbocycles. The summed E-state index contributed by atoms with van der Waals surface area (Å²) in [6.45, 7) is 1.85. The van der Waals surface area contributed by atoms with E-state index in [1.807, 2.05) is 54.6 Å². The topological polar surface area (TPSA) is 105 Å². The fourth-order valence-corrected chi connectivity index (χ4v) is 3.75. The Bertz CT molecular complexity index is 949. The third kappa shape index (κ3) is 6.07. The molecule has 8 nitrogen and oxygen atoms in total. The third-order valence-corrected chi connectivity index (χ3v) is 5.37. The van der Waals surface area contributed by atoms with Gasteiger partial charge in [-0.2, -0.15) is 0 Å². The molecule has 0 saturated carbocycles. The Morgan fingerprint density at radius 1 is 1.12 bits per heavy atom. The summed E-state index contributed by atoms with van der Waals surface area (Å²) in [5.41, 5.74) is 1.81. The summed E-state index contributed by atoms with van der Waals surface area (Å²) in [7, 11) is 1.25. The molecule has 1 fully saturated rings. The van der Waals surface area contributed by atoms with Gasteiger partial charge >= 0.3 is 5.97 Å². The Labute approximate surface area is 187 Å². The summed E-state index contributed by atoms with van der Waals surface area (Å²) < 4.78 is 10.7. The average molecular weight is 440 g/mol. The molecule has 1 aliphatic heterocycles. The van der Waals surface area contributed by atoms with Gasteiger partial charge in [-0.3, -0.25) is 9.59 Å². The number of methoxy groups -OCH3 is 1. The van der Waals surface area contributed by atoms with Crippen molar-refractivity contribution >= 4 is 17.8 Å². The zero-order valence-corrected chi connectivity index (χ0v) is 18.2. The highest BCUT2D eigenvalue weighted by molar-refractivity contribution is 5.91. The standard InChI is InChI=1S/C24H28N2O6/c1-16(27)26-14-19(28)13-22(26)23(29)25-21(24(30)31-2)12-18-9-6-10-20(11-18)32-15-17-7-4-3-5-8-17/h3-11,19,21-22,28H,12-15H2,1-2H3,(H,25,29)/t19-,21-,22+/m1/s1. The van der Waals surface area contributed by atoms with Crippen LogP contribution in [-0.4, -0.2) is 59.6 Å². The number of β-amino-alcohol motifs (C(OH)–C–C–N with tert-alkyl or cyclic N) is 1. The maximum Gasteiger partial charge on any atom is 0.328 e. The van der Waals surface area contributed by atoms with E-state index in [2.05, 4.69) is 5.32 Å². The fourth-order valence-electron chi connectivity index (χ4n) is 3.75. The summed E-state index contributed by atoms with van der Waals surface area (Å²) in [6.07, 6.45) is -0.456. The lowest BCUT2D eigenvalue weighted by Crippen LogP contribution is -2.51. The Morgan fingerprint density at radius 2 is 1.84 bits per heavy atom. The minimum atomic E-state index is -0.941. The summed E-state index contributed by atoms with van der Waals surface area (Å²) in [5, 5.41) is 12.6. The van der Waals surface area contributed by atoms with Crippen LogP contribution in [0, 0.1) is 0 Å². The molecule has 2 N–H and O–H groups in total. The normalized spacial score (nSPS) is 18.7. The van der Waals surface area contributed by atoms with Crippen LogP contribution in [0.4, 0.5) is 0 Å². The number of carbonyl (C=O) groups excluding carboxylic acids is 3. The van der Waals surface area contributed by atoms with Crippen LogP contribution in [0.15, 0.2) is 54.6 Å².